The molecule has 20 heavy (non-hydrogen) atoms. The average Bonchev–Trinajstić information content (AvgIpc) is 2.91. The highest BCUT2D eigenvalue weighted by Crippen LogP contribution is 2.27. The van der Waals surface area contributed by atoms with Gasteiger partial charge in [-0.15, -0.1) is 11.3 Å². The second-order valence-electron chi connectivity index (χ2n) is 4.44. The molecule has 1 aromatic heterocycles. The summed E-state index contributed by atoms with van der Waals surface area (Å²) in [6, 6.07) is 12.0. The van der Waals surface area contributed by atoms with Crippen molar-refractivity contribution >= 4 is 38.8 Å². The summed E-state index contributed by atoms with van der Waals surface area (Å²) in [6.45, 7) is 0. The predicted molar refractivity (Wildman–Crippen MR) is 81.3 cm³/mol. The van der Waals surface area contributed by atoms with E-state index < -0.39 is 5.82 Å². The van der Waals surface area contributed by atoms with Crippen LogP contribution in [0.5, 0.6) is 0 Å². The molecule has 1 heterocycles. The van der Waals surface area contributed by atoms with Gasteiger partial charge in [0.1, 0.15) is 5.82 Å². The highest BCUT2D eigenvalue weighted by molar-refractivity contribution is 7.17. The minimum Gasteiger partial charge on any atom is -0.294 e. The van der Waals surface area contributed by atoms with Crippen molar-refractivity contribution in [2.75, 3.05) is 0 Å². The zero-order valence-corrected chi connectivity index (χ0v) is 12.0. The van der Waals surface area contributed by atoms with Crippen molar-refractivity contribution in [3.8, 4) is 0 Å². The molecule has 0 bridgehead atoms. The van der Waals surface area contributed by atoms with Crippen molar-refractivity contribution in [1.82, 2.24) is 0 Å². The van der Waals surface area contributed by atoms with E-state index in [0.29, 0.717) is 5.56 Å². The van der Waals surface area contributed by atoms with Crippen LogP contribution < -0.4 is 0 Å². The van der Waals surface area contributed by atoms with Crippen LogP contribution in [-0.4, -0.2) is 5.78 Å². The number of thiophene rings is 1. The summed E-state index contributed by atoms with van der Waals surface area (Å²) in [5.74, 6) is -0.561. The van der Waals surface area contributed by atoms with E-state index in [0.717, 1.165) is 10.1 Å². The van der Waals surface area contributed by atoms with Crippen LogP contribution in [0.25, 0.3) is 10.1 Å². The van der Waals surface area contributed by atoms with Gasteiger partial charge < -0.3 is 0 Å². The van der Waals surface area contributed by atoms with Crippen LogP contribution in [0.1, 0.15) is 15.9 Å². The van der Waals surface area contributed by atoms with E-state index in [1.807, 2.05) is 23.6 Å². The lowest BCUT2D eigenvalue weighted by atomic mass is 10.0. The maximum atomic E-state index is 13.7. The highest BCUT2D eigenvalue weighted by Gasteiger charge is 2.16. The number of carbonyl (C=O) groups is 1. The second kappa shape index (κ2) is 5.35. The standard InChI is InChI=1S/C16H10ClFOS/c17-13-5-2-6-14(18)12(13)9-15(19)11-4-1-3-10-7-8-20-16(10)11/h1-8H,9H2. The van der Waals surface area contributed by atoms with Crippen LogP contribution >= 0.6 is 22.9 Å². The van der Waals surface area contributed by atoms with Gasteiger partial charge in [0, 0.05) is 27.3 Å². The minimum absolute atomic E-state index is 0.0253. The van der Waals surface area contributed by atoms with Crippen LogP contribution in [0.2, 0.25) is 5.02 Å². The molecule has 0 saturated heterocycles. The van der Waals surface area contributed by atoms with Crippen LogP contribution in [0.15, 0.2) is 47.8 Å². The molecular formula is C16H10ClFOS. The summed E-state index contributed by atoms with van der Waals surface area (Å²) in [5.41, 5.74) is 0.879. The maximum absolute atomic E-state index is 13.7. The summed E-state index contributed by atoms with van der Waals surface area (Å²) < 4.78 is 14.7. The van der Waals surface area contributed by atoms with Crippen molar-refractivity contribution in [3.05, 3.63) is 69.8 Å². The Labute approximate surface area is 124 Å². The van der Waals surface area contributed by atoms with E-state index in [2.05, 4.69) is 0 Å². The molecule has 3 rings (SSSR count). The second-order valence-corrected chi connectivity index (χ2v) is 5.77. The Kier molecular flexibility index (Phi) is 3.55. The summed E-state index contributed by atoms with van der Waals surface area (Å²) in [7, 11) is 0. The number of hydrogen-bond acceptors (Lipinski definition) is 2. The third-order valence-corrected chi connectivity index (χ3v) is 4.50. The molecule has 0 amide bonds. The first kappa shape index (κ1) is 13.3. The van der Waals surface area contributed by atoms with Crippen molar-refractivity contribution in [1.29, 1.82) is 0 Å². The molecule has 0 atom stereocenters. The van der Waals surface area contributed by atoms with E-state index >= 15 is 0 Å². The summed E-state index contributed by atoms with van der Waals surface area (Å²) in [4.78, 5) is 12.4. The number of benzene rings is 2. The molecule has 1 nitrogen and oxygen atoms in total. The van der Waals surface area contributed by atoms with Gasteiger partial charge in [0.15, 0.2) is 5.78 Å². The van der Waals surface area contributed by atoms with Crippen molar-refractivity contribution in [2.45, 2.75) is 6.42 Å². The number of rotatable bonds is 3. The highest BCUT2D eigenvalue weighted by atomic mass is 35.5. The summed E-state index contributed by atoms with van der Waals surface area (Å²) in [6.07, 6.45) is -0.0253. The fourth-order valence-corrected chi connectivity index (χ4v) is 3.33. The number of fused-ring (bicyclic) bond motifs is 1. The van der Waals surface area contributed by atoms with Gasteiger partial charge in [0.2, 0.25) is 0 Å². The Balaban J connectivity index is 2.00. The van der Waals surface area contributed by atoms with Gasteiger partial charge in [-0.2, -0.15) is 0 Å². The Morgan fingerprint density at radius 3 is 2.75 bits per heavy atom. The molecule has 0 unspecified atom stereocenters. The molecule has 0 aliphatic heterocycles. The zero-order chi connectivity index (χ0) is 14.1. The molecule has 0 aliphatic carbocycles. The molecule has 4 heteroatoms. The van der Waals surface area contributed by atoms with Gasteiger partial charge in [0.25, 0.3) is 0 Å². The van der Waals surface area contributed by atoms with Crippen molar-refractivity contribution < 1.29 is 9.18 Å². The Morgan fingerprint density at radius 1 is 1.15 bits per heavy atom. The number of ketones is 1. The number of hydrogen-bond donors (Lipinski definition) is 0. The normalized spacial score (nSPS) is 10.9. The van der Waals surface area contributed by atoms with Gasteiger partial charge in [-0.25, -0.2) is 4.39 Å². The summed E-state index contributed by atoms with van der Waals surface area (Å²) in [5, 5.41) is 3.26. The van der Waals surface area contributed by atoms with Crippen molar-refractivity contribution in [2.24, 2.45) is 0 Å². The zero-order valence-electron chi connectivity index (χ0n) is 10.4. The lowest BCUT2D eigenvalue weighted by molar-refractivity contribution is 0.0993. The van der Waals surface area contributed by atoms with E-state index in [9.17, 15) is 9.18 Å². The van der Waals surface area contributed by atoms with Crippen LogP contribution in [0, 0.1) is 5.82 Å². The third kappa shape index (κ3) is 2.35. The van der Waals surface area contributed by atoms with E-state index in [1.165, 1.54) is 23.5 Å². The first-order valence-corrected chi connectivity index (χ1v) is 7.35. The lowest BCUT2D eigenvalue weighted by Crippen LogP contribution is -2.06. The monoisotopic (exact) mass is 304 g/mol. The number of halogens is 2. The molecule has 0 spiro atoms. The molecule has 0 saturated carbocycles. The predicted octanol–water partition coefficient (Wildman–Crippen LogP) is 5.12. The molecule has 0 radical (unpaired) electrons. The van der Waals surface area contributed by atoms with E-state index in [-0.39, 0.29) is 22.8 Å². The topological polar surface area (TPSA) is 17.1 Å². The Hall–Kier alpha value is -1.71. The van der Waals surface area contributed by atoms with Crippen molar-refractivity contribution in [3.63, 3.8) is 0 Å². The first-order valence-electron chi connectivity index (χ1n) is 6.09. The SMILES string of the molecule is O=C(Cc1c(F)cccc1Cl)c1cccc2ccsc12. The van der Waals surface area contributed by atoms with Gasteiger partial charge in [-0.3, -0.25) is 4.79 Å². The largest absolute Gasteiger partial charge is 0.294 e. The average molecular weight is 305 g/mol. The van der Waals surface area contributed by atoms with E-state index in [1.54, 1.807) is 12.1 Å². The molecule has 0 aliphatic rings. The molecule has 2 aromatic carbocycles. The van der Waals surface area contributed by atoms with Crippen LogP contribution in [0.3, 0.4) is 0 Å². The summed E-state index contributed by atoms with van der Waals surface area (Å²) >= 11 is 7.48. The van der Waals surface area contributed by atoms with Gasteiger partial charge >= 0.3 is 0 Å². The fourth-order valence-electron chi connectivity index (χ4n) is 2.17. The van der Waals surface area contributed by atoms with Gasteiger partial charge in [-0.1, -0.05) is 29.8 Å². The molecule has 3 aromatic rings. The Morgan fingerprint density at radius 2 is 1.95 bits per heavy atom. The van der Waals surface area contributed by atoms with E-state index in [4.69, 9.17) is 11.6 Å². The molecule has 0 N–H and O–H groups in total. The molecule has 100 valence electrons. The van der Waals surface area contributed by atoms with Crippen LogP contribution in [-0.2, 0) is 6.42 Å². The quantitative estimate of drug-likeness (QED) is 0.614. The smallest absolute Gasteiger partial charge is 0.168 e. The van der Waals surface area contributed by atoms with Gasteiger partial charge in [-0.05, 0) is 35.0 Å². The first-order chi connectivity index (χ1) is 9.66. The minimum atomic E-state index is -0.441. The third-order valence-electron chi connectivity index (χ3n) is 3.18. The molecular weight excluding hydrogens is 295 g/mol. The number of carbonyl (C=O) groups excluding carboxylic acids is 1. The molecule has 0 fully saturated rings. The van der Waals surface area contributed by atoms with Gasteiger partial charge in [0.05, 0.1) is 0 Å². The fraction of sp³-hybridized carbons (Fsp3) is 0.0625. The Bertz CT molecular complexity index is 774. The maximum Gasteiger partial charge on any atom is 0.168 e. The van der Waals surface area contributed by atoms with Crippen LogP contribution in [0.4, 0.5) is 4.39 Å². The lowest BCUT2D eigenvalue weighted by Gasteiger charge is -2.06. The number of Topliss-reactive ketones (excluding diaryl/α,β-unsaturated/α-hetero) is 1.